The van der Waals surface area contributed by atoms with E-state index < -0.39 is 29.2 Å². The summed E-state index contributed by atoms with van der Waals surface area (Å²) in [4.78, 5) is 11.8. The van der Waals surface area contributed by atoms with Crippen LogP contribution >= 0.6 is 0 Å². The Morgan fingerprint density at radius 2 is 2.00 bits per heavy atom. The Balaban J connectivity index is 2.56. The van der Waals surface area contributed by atoms with Crippen LogP contribution in [0, 0.1) is 11.8 Å². The number of ether oxygens (including phenoxy) is 1. The van der Waals surface area contributed by atoms with Crippen LogP contribution in [-0.4, -0.2) is 26.6 Å². The van der Waals surface area contributed by atoms with Gasteiger partial charge >= 0.3 is 6.09 Å². The average Bonchev–Trinajstić information content (AvgIpc) is 2.55. The molecule has 0 bridgehead atoms. The van der Waals surface area contributed by atoms with Crippen LogP contribution in [0.3, 0.4) is 0 Å². The van der Waals surface area contributed by atoms with Crippen molar-refractivity contribution in [2.45, 2.75) is 26.4 Å². The second kappa shape index (κ2) is 4.18. The van der Waals surface area contributed by atoms with Crippen molar-refractivity contribution < 1.29 is 23.4 Å². The number of aromatic nitrogens is 2. The number of benzene rings is 1. The molecule has 2 aromatic rings. The minimum absolute atomic E-state index is 0.0642. The summed E-state index contributed by atoms with van der Waals surface area (Å²) < 4.78 is 32.3. The summed E-state index contributed by atoms with van der Waals surface area (Å²) in [5, 5.41) is 12.4. The predicted octanol–water partition coefficient (Wildman–Crippen LogP) is 2.80. The molecule has 0 aliphatic carbocycles. The average molecular weight is 270 g/mol. The van der Waals surface area contributed by atoms with Gasteiger partial charge in [0.25, 0.3) is 0 Å². The van der Waals surface area contributed by atoms with Gasteiger partial charge in [-0.2, -0.15) is 9.07 Å². The normalized spacial score (nSPS) is 11.8. The van der Waals surface area contributed by atoms with Gasteiger partial charge in [-0.3, -0.25) is 0 Å². The van der Waals surface area contributed by atoms with Crippen LogP contribution in [0.15, 0.2) is 12.1 Å². The van der Waals surface area contributed by atoms with Crippen molar-refractivity contribution in [3.63, 3.8) is 0 Å². The van der Waals surface area contributed by atoms with Gasteiger partial charge in [-0.25, -0.2) is 9.18 Å². The number of halogens is 2. The zero-order valence-electron chi connectivity index (χ0n) is 10.6. The van der Waals surface area contributed by atoms with Crippen molar-refractivity contribution in [2.75, 3.05) is 0 Å². The minimum Gasteiger partial charge on any atom is -0.505 e. The monoisotopic (exact) mass is 270 g/mol. The second-order valence-corrected chi connectivity index (χ2v) is 5.00. The molecule has 102 valence electrons. The second-order valence-electron chi connectivity index (χ2n) is 5.00. The van der Waals surface area contributed by atoms with E-state index in [1.165, 1.54) is 0 Å². The Labute approximate surface area is 107 Å². The van der Waals surface area contributed by atoms with Gasteiger partial charge in [-0.1, -0.05) is 0 Å². The van der Waals surface area contributed by atoms with Gasteiger partial charge in [0, 0.05) is 6.07 Å². The number of nitrogens with zero attached hydrogens (tertiary/aromatic N) is 2. The molecule has 1 aromatic heterocycles. The van der Waals surface area contributed by atoms with Crippen molar-refractivity contribution >= 4 is 17.0 Å². The Bertz CT molecular complexity index is 659. The summed E-state index contributed by atoms with van der Waals surface area (Å²) in [6.45, 7) is 4.93. The Morgan fingerprint density at radius 3 is 2.58 bits per heavy atom. The quantitative estimate of drug-likeness (QED) is 0.799. The third kappa shape index (κ3) is 2.49. The summed E-state index contributed by atoms with van der Waals surface area (Å²) in [5.74, 6) is -2.70. The van der Waals surface area contributed by atoms with E-state index >= 15 is 0 Å². The number of aromatic hydroxyl groups is 1. The van der Waals surface area contributed by atoms with Crippen LogP contribution in [-0.2, 0) is 4.74 Å². The molecular weight excluding hydrogens is 258 g/mol. The van der Waals surface area contributed by atoms with Crippen LogP contribution in [0.1, 0.15) is 20.8 Å². The maximum atomic E-state index is 13.5. The van der Waals surface area contributed by atoms with Gasteiger partial charge in [0.15, 0.2) is 11.6 Å². The molecule has 1 N–H and O–H groups in total. The molecule has 1 aromatic carbocycles. The summed E-state index contributed by atoms with van der Waals surface area (Å²) in [6.07, 6.45) is -0.910. The number of fused-ring (bicyclic) bond motifs is 1. The zero-order valence-corrected chi connectivity index (χ0v) is 10.6. The van der Waals surface area contributed by atoms with Crippen molar-refractivity contribution in [3.05, 3.63) is 23.9 Å². The molecule has 5 nitrogen and oxygen atoms in total. The lowest BCUT2D eigenvalue weighted by atomic mass is 10.2. The summed E-state index contributed by atoms with van der Waals surface area (Å²) in [5.41, 5.74) is -0.848. The van der Waals surface area contributed by atoms with Gasteiger partial charge in [0.05, 0.1) is 10.9 Å². The van der Waals surface area contributed by atoms with Gasteiger partial charge in [-0.05, 0) is 26.8 Å². The number of carbonyl (C=O) groups excluding carboxylic acids is 1. The first-order valence-electron chi connectivity index (χ1n) is 5.49. The zero-order chi connectivity index (χ0) is 14.4. The SMILES string of the molecule is CC(C)(C)OC(=O)n1nc(F)c2cc(F)c(O)cc21. The van der Waals surface area contributed by atoms with Gasteiger partial charge in [-0.15, -0.1) is 5.10 Å². The number of phenolic OH excluding ortho intramolecular Hbond substituents is 1. The van der Waals surface area contributed by atoms with Crippen LogP contribution in [0.4, 0.5) is 13.6 Å². The molecule has 0 aliphatic rings. The van der Waals surface area contributed by atoms with E-state index in [0.717, 1.165) is 12.1 Å². The molecule has 7 heteroatoms. The number of phenols is 1. The van der Waals surface area contributed by atoms with Crippen molar-refractivity contribution in [1.82, 2.24) is 9.78 Å². The fourth-order valence-electron chi connectivity index (χ4n) is 1.53. The molecule has 0 radical (unpaired) electrons. The molecule has 19 heavy (non-hydrogen) atoms. The minimum atomic E-state index is -1.01. The first-order chi connectivity index (χ1) is 8.69. The highest BCUT2D eigenvalue weighted by Crippen LogP contribution is 2.26. The Morgan fingerprint density at radius 1 is 1.37 bits per heavy atom. The molecule has 0 amide bonds. The maximum absolute atomic E-state index is 13.5. The van der Waals surface area contributed by atoms with Gasteiger partial charge in [0.1, 0.15) is 5.60 Å². The molecule has 0 aliphatic heterocycles. The first-order valence-corrected chi connectivity index (χ1v) is 5.49. The lowest BCUT2D eigenvalue weighted by Crippen LogP contribution is -2.27. The molecular formula is C12H12F2N2O3. The highest BCUT2D eigenvalue weighted by molar-refractivity contribution is 5.89. The van der Waals surface area contributed by atoms with Crippen molar-refractivity contribution in [3.8, 4) is 5.75 Å². The fourth-order valence-corrected chi connectivity index (χ4v) is 1.53. The van der Waals surface area contributed by atoms with E-state index in [0.29, 0.717) is 4.68 Å². The number of carbonyl (C=O) groups is 1. The van der Waals surface area contributed by atoms with Crippen molar-refractivity contribution in [1.29, 1.82) is 0 Å². The first kappa shape index (κ1) is 13.3. The molecule has 0 fully saturated rings. The highest BCUT2D eigenvalue weighted by Gasteiger charge is 2.23. The van der Waals surface area contributed by atoms with Crippen LogP contribution in [0.2, 0.25) is 0 Å². The molecule has 0 saturated heterocycles. The largest absolute Gasteiger partial charge is 0.505 e. The van der Waals surface area contributed by atoms with Gasteiger partial charge < -0.3 is 9.84 Å². The van der Waals surface area contributed by atoms with Gasteiger partial charge in [0.2, 0.25) is 5.95 Å². The van der Waals surface area contributed by atoms with Crippen LogP contribution < -0.4 is 0 Å². The lowest BCUT2D eigenvalue weighted by Gasteiger charge is -2.19. The van der Waals surface area contributed by atoms with E-state index in [-0.39, 0.29) is 10.9 Å². The molecule has 2 rings (SSSR count). The van der Waals surface area contributed by atoms with Crippen LogP contribution in [0.25, 0.3) is 10.9 Å². The number of hydrogen-bond acceptors (Lipinski definition) is 4. The topological polar surface area (TPSA) is 64.4 Å². The third-order valence-corrected chi connectivity index (χ3v) is 2.27. The molecule has 0 spiro atoms. The van der Waals surface area contributed by atoms with E-state index in [2.05, 4.69) is 5.10 Å². The smallest absolute Gasteiger partial charge is 0.435 e. The van der Waals surface area contributed by atoms with Crippen LogP contribution in [0.5, 0.6) is 5.75 Å². The Kier molecular flexibility index (Phi) is 2.92. The lowest BCUT2D eigenvalue weighted by molar-refractivity contribution is 0.0519. The molecule has 0 saturated carbocycles. The third-order valence-electron chi connectivity index (χ3n) is 2.27. The molecule has 0 unspecified atom stereocenters. The van der Waals surface area contributed by atoms with E-state index in [1.54, 1.807) is 20.8 Å². The van der Waals surface area contributed by atoms with E-state index in [4.69, 9.17) is 4.74 Å². The molecule has 0 atom stereocenters. The fraction of sp³-hybridized carbons (Fsp3) is 0.333. The summed E-state index contributed by atoms with van der Waals surface area (Å²) in [6, 6.07) is 1.69. The summed E-state index contributed by atoms with van der Waals surface area (Å²) in [7, 11) is 0. The van der Waals surface area contributed by atoms with Crippen molar-refractivity contribution in [2.24, 2.45) is 0 Å². The maximum Gasteiger partial charge on any atom is 0.435 e. The highest BCUT2D eigenvalue weighted by atomic mass is 19.1. The van der Waals surface area contributed by atoms with E-state index in [9.17, 15) is 18.7 Å². The number of rotatable bonds is 0. The Hall–Kier alpha value is -2.18. The molecule has 1 heterocycles. The summed E-state index contributed by atoms with van der Waals surface area (Å²) >= 11 is 0. The number of hydrogen-bond donors (Lipinski definition) is 1. The van der Waals surface area contributed by atoms with E-state index in [1.807, 2.05) is 0 Å². The standard InChI is InChI=1S/C12H12F2N2O3/c1-12(2,3)19-11(18)16-8-5-9(17)7(13)4-6(8)10(14)15-16/h4-5,17H,1-3H3. The predicted molar refractivity (Wildman–Crippen MR) is 62.9 cm³/mol.